The molecule has 8 rings (SSSR count). The number of thiocarbonyl (C=S) groups is 1. The van der Waals surface area contributed by atoms with E-state index in [1.807, 2.05) is 30.3 Å². The van der Waals surface area contributed by atoms with E-state index in [1.165, 1.54) is 0 Å². The summed E-state index contributed by atoms with van der Waals surface area (Å²) < 4.78 is 120. The first-order valence-electron chi connectivity index (χ1n) is 18.8. The fraction of sp³-hybridized carbons (Fsp3) is 0.302. The zero-order chi connectivity index (χ0) is 42.1. The van der Waals surface area contributed by atoms with Gasteiger partial charge in [-0.25, -0.2) is 13.1 Å². The number of halogens is 6. The van der Waals surface area contributed by atoms with E-state index in [0.717, 1.165) is 42.4 Å². The number of nitrogens with one attached hydrogen (secondary N) is 3. The van der Waals surface area contributed by atoms with Gasteiger partial charge in [0.25, 0.3) is 0 Å². The number of hydrogen-bond acceptors (Lipinski definition) is 6. The number of piperidine rings is 3. The van der Waals surface area contributed by atoms with Gasteiger partial charge in [-0.2, -0.15) is 26.3 Å². The van der Waals surface area contributed by atoms with Crippen molar-refractivity contribution >= 4 is 38.3 Å². The summed E-state index contributed by atoms with van der Waals surface area (Å²) in [6, 6.07) is 21.8. The van der Waals surface area contributed by atoms with E-state index in [-0.39, 0.29) is 29.4 Å². The number of sulfonamides is 1. The first-order valence-corrected chi connectivity index (χ1v) is 20.7. The second-order valence-corrected chi connectivity index (χ2v) is 16.9. The zero-order valence-corrected chi connectivity index (χ0v) is 33.3. The predicted octanol–water partition coefficient (Wildman–Crippen LogP) is 9.14. The highest BCUT2D eigenvalue weighted by atomic mass is 32.2. The SMILES string of the molecule is C=C[C@H]1CN2CC[C@H]1C[C@@H]2[C@@H](NC(=S)N[C@@H](c1ccccc1)[C@@H](NS(=O)(=O)c1cc(C(F)(F)F)cc(C(F)(F)F)c1)c1ccccc1)c1ccnc2ccc(OC)cc12. The number of alkyl halides is 6. The van der Waals surface area contributed by atoms with Crippen LogP contribution in [0, 0.1) is 11.8 Å². The molecular formula is C43H41F6N5O3S2. The van der Waals surface area contributed by atoms with Crippen LogP contribution in [0.15, 0.2) is 127 Å². The van der Waals surface area contributed by atoms with Gasteiger partial charge < -0.3 is 15.4 Å². The van der Waals surface area contributed by atoms with Crippen LogP contribution in [-0.4, -0.2) is 49.7 Å². The van der Waals surface area contributed by atoms with Gasteiger partial charge in [0.1, 0.15) is 5.75 Å². The van der Waals surface area contributed by atoms with Crippen molar-refractivity contribution in [3.05, 3.63) is 150 Å². The Labute approximate surface area is 343 Å². The fourth-order valence-corrected chi connectivity index (χ4v) is 9.86. The molecule has 16 heteroatoms. The Bertz CT molecular complexity index is 2390. The van der Waals surface area contributed by atoms with Gasteiger partial charge in [-0.15, -0.1) is 6.58 Å². The van der Waals surface area contributed by atoms with Crippen LogP contribution in [0.2, 0.25) is 0 Å². The first-order chi connectivity index (χ1) is 28.1. The standard InChI is InChI=1S/C43H41F6N5O3S2/c1-3-26-25-54-19-17-29(26)20-37(54)40(34-16-18-50-36-15-14-32(57-2)24-35(34)36)52-41(58)51-38(27-10-6-4-7-11-27)39(28-12-8-5-9-13-28)53-59(55,56)33-22-30(42(44,45)46)21-31(23-33)43(47,48)49/h3-16,18,21-24,26,29,37-40,53H,1,17,19-20,25H2,2H3,(H2,51,52,58)/t26-,29-,37+,38-,39-,40-/m0/s1. The number of ether oxygens (including phenoxy) is 1. The van der Waals surface area contributed by atoms with Crippen LogP contribution in [0.4, 0.5) is 26.3 Å². The zero-order valence-electron chi connectivity index (χ0n) is 31.7. The van der Waals surface area contributed by atoms with Crippen molar-refractivity contribution in [1.82, 2.24) is 25.2 Å². The summed E-state index contributed by atoms with van der Waals surface area (Å²) in [4.78, 5) is 5.80. The molecule has 7 atom stereocenters. The van der Waals surface area contributed by atoms with E-state index in [4.69, 9.17) is 17.0 Å². The summed E-state index contributed by atoms with van der Waals surface area (Å²) in [5.74, 6) is 1.35. The third-order valence-corrected chi connectivity index (χ3v) is 12.9. The normalized spacial score (nSPS) is 21.0. The second-order valence-electron chi connectivity index (χ2n) is 14.8. The largest absolute Gasteiger partial charge is 0.497 e. The van der Waals surface area contributed by atoms with E-state index in [2.05, 4.69) is 31.8 Å². The topological polar surface area (TPSA) is 95.6 Å². The summed E-state index contributed by atoms with van der Waals surface area (Å²) in [7, 11) is -3.50. The summed E-state index contributed by atoms with van der Waals surface area (Å²) in [5.41, 5.74) is -1.00. The second kappa shape index (κ2) is 16.9. The van der Waals surface area contributed by atoms with Crippen molar-refractivity contribution in [3.63, 3.8) is 0 Å². The molecule has 1 aromatic heterocycles. The van der Waals surface area contributed by atoms with Crippen LogP contribution in [0.5, 0.6) is 5.75 Å². The molecule has 4 heterocycles. The Morgan fingerprint density at radius 3 is 2.07 bits per heavy atom. The van der Waals surface area contributed by atoms with Crippen LogP contribution in [0.1, 0.15) is 58.8 Å². The number of hydrogen-bond donors (Lipinski definition) is 3. The maximum atomic E-state index is 14.1. The van der Waals surface area contributed by atoms with Gasteiger partial charge in [-0.3, -0.25) is 9.88 Å². The molecule has 1 unspecified atom stereocenters. The van der Waals surface area contributed by atoms with Crippen LogP contribution in [0.3, 0.4) is 0 Å². The van der Waals surface area contributed by atoms with Gasteiger partial charge in [-0.1, -0.05) is 66.7 Å². The molecule has 5 aromatic rings. The molecule has 3 aliphatic heterocycles. The maximum Gasteiger partial charge on any atom is 0.416 e. The third-order valence-electron chi connectivity index (χ3n) is 11.2. The predicted molar refractivity (Wildman–Crippen MR) is 217 cm³/mol. The third kappa shape index (κ3) is 9.25. The molecule has 0 radical (unpaired) electrons. The quantitative estimate of drug-likeness (QED) is 0.0651. The summed E-state index contributed by atoms with van der Waals surface area (Å²) >= 11 is 6.07. The lowest BCUT2D eigenvalue weighted by Gasteiger charge is -2.52. The molecule has 3 fully saturated rings. The van der Waals surface area contributed by atoms with Crippen molar-refractivity contribution < 1.29 is 39.5 Å². The molecule has 2 bridgehead atoms. The van der Waals surface area contributed by atoms with Crippen LogP contribution in [0.25, 0.3) is 10.9 Å². The van der Waals surface area contributed by atoms with Crippen LogP contribution in [-0.2, 0) is 22.4 Å². The molecular weight excluding hydrogens is 813 g/mol. The first kappa shape index (κ1) is 42.1. The molecule has 310 valence electrons. The Morgan fingerprint density at radius 2 is 1.51 bits per heavy atom. The average Bonchev–Trinajstić information content (AvgIpc) is 3.23. The minimum absolute atomic E-state index is 0.0381. The summed E-state index contributed by atoms with van der Waals surface area (Å²) in [6.07, 6.45) is -4.95. The lowest BCUT2D eigenvalue weighted by molar-refractivity contribution is -0.143. The molecule has 0 aliphatic carbocycles. The number of fused-ring (bicyclic) bond motifs is 4. The Hall–Kier alpha value is -5.03. The minimum atomic E-state index is -5.26. The van der Waals surface area contributed by atoms with E-state index in [1.54, 1.807) is 74.0 Å². The van der Waals surface area contributed by atoms with Gasteiger partial charge in [0.15, 0.2) is 5.11 Å². The van der Waals surface area contributed by atoms with Crippen molar-refractivity contribution in [2.24, 2.45) is 11.8 Å². The van der Waals surface area contributed by atoms with Crippen molar-refractivity contribution in [2.75, 3.05) is 20.2 Å². The van der Waals surface area contributed by atoms with E-state index in [9.17, 15) is 34.8 Å². The number of rotatable bonds is 12. The Morgan fingerprint density at radius 1 is 0.881 bits per heavy atom. The van der Waals surface area contributed by atoms with Gasteiger partial charge in [-0.05, 0) is 103 Å². The van der Waals surface area contributed by atoms with Gasteiger partial charge >= 0.3 is 12.4 Å². The highest BCUT2D eigenvalue weighted by Crippen LogP contribution is 2.43. The van der Waals surface area contributed by atoms with Crippen LogP contribution < -0.4 is 20.1 Å². The van der Waals surface area contributed by atoms with Gasteiger partial charge in [0.2, 0.25) is 10.0 Å². The molecule has 8 nitrogen and oxygen atoms in total. The molecule has 3 saturated heterocycles. The average molecular weight is 854 g/mol. The smallest absolute Gasteiger partial charge is 0.416 e. The minimum Gasteiger partial charge on any atom is -0.497 e. The van der Waals surface area contributed by atoms with E-state index >= 15 is 0 Å². The maximum absolute atomic E-state index is 14.1. The van der Waals surface area contributed by atoms with E-state index < -0.39 is 56.5 Å². The number of methoxy groups -OCH3 is 1. The van der Waals surface area contributed by atoms with Gasteiger partial charge in [0.05, 0.1) is 46.8 Å². The summed E-state index contributed by atoms with van der Waals surface area (Å²) in [5, 5.41) is 7.83. The monoisotopic (exact) mass is 853 g/mol. The summed E-state index contributed by atoms with van der Waals surface area (Å²) in [6.45, 7) is 5.74. The highest BCUT2D eigenvalue weighted by Gasteiger charge is 2.44. The lowest BCUT2D eigenvalue weighted by atomic mass is 9.73. The van der Waals surface area contributed by atoms with E-state index in [0.29, 0.717) is 28.7 Å². The number of nitrogens with zero attached hydrogens (tertiary/aromatic N) is 2. The molecule has 0 saturated carbocycles. The van der Waals surface area contributed by atoms with Crippen molar-refractivity contribution in [3.8, 4) is 5.75 Å². The Balaban J connectivity index is 1.29. The fourth-order valence-electron chi connectivity index (χ4n) is 8.30. The van der Waals surface area contributed by atoms with Gasteiger partial charge in [0, 0.05) is 24.2 Å². The molecule has 3 N–H and O–H groups in total. The highest BCUT2D eigenvalue weighted by molar-refractivity contribution is 7.89. The number of pyridine rings is 1. The van der Waals surface area contributed by atoms with Crippen molar-refractivity contribution in [1.29, 1.82) is 0 Å². The molecule has 0 amide bonds. The van der Waals surface area contributed by atoms with Crippen molar-refractivity contribution in [2.45, 2.75) is 54.3 Å². The molecule has 4 aromatic carbocycles. The lowest BCUT2D eigenvalue weighted by Crippen LogP contribution is -2.58. The molecule has 0 spiro atoms. The molecule has 59 heavy (non-hydrogen) atoms. The number of benzene rings is 4. The Kier molecular flexibility index (Phi) is 12.1. The molecule has 3 aliphatic rings. The van der Waals surface area contributed by atoms with Crippen LogP contribution >= 0.6 is 12.2 Å². The number of aromatic nitrogens is 1.